The van der Waals surface area contributed by atoms with E-state index in [9.17, 15) is 4.79 Å². The maximum absolute atomic E-state index is 11.6. The van der Waals surface area contributed by atoms with Gasteiger partial charge in [-0.2, -0.15) is 0 Å². The van der Waals surface area contributed by atoms with Gasteiger partial charge in [0.2, 0.25) is 0 Å². The van der Waals surface area contributed by atoms with Crippen molar-refractivity contribution in [2.45, 2.75) is 27.7 Å². The van der Waals surface area contributed by atoms with E-state index in [4.69, 9.17) is 0 Å². The maximum Gasteiger partial charge on any atom is 0.254 e. The first kappa shape index (κ1) is 18.0. The molecule has 0 heterocycles. The van der Waals surface area contributed by atoms with Crippen LogP contribution in [0.2, 0.25) is 0 Å². The monoisotopic (exact) mass is 238 g/mol. The van der Waals surface area contributed by atoms with Crippen LogP contribution in [0.15, 0.2) is 30.3 Å². The predicted octanol–water partition coefficient (Wildman–Crippen LogP) is 2.99. The van der Waals surface area contributed by atoms with Gasteiger partial charge in [0, 0.05) is 12.6 Å². The summed E-state index contributed by atoms with van der Waals surface area (Å²) in [6.45, 7) is 8.56. The van der Waals surface area contributed by atoms with E-state index >= 15 is 0 Å². The molecular weight excluding hydrogens is 212 g/mol. The van der Waals surface area contributed by atoms with Crippen molar-refractivity contribution < 1.29 is 4.79 Å². The molecule has 3 heteroatoms. The number of hydrogen-bond acceptors (Lipinski definition) is 2. The molecule has 0 saturated carbocycles. The van der Waals surface area contributed by atoms with Gasteiger partial charge < -0.3 is 10.2 Å². The standard InChI is InChI=1S/C10H14N2O.2C2H6/c1-11-8-12(2)10(13)9-6-4-3-5-7-9;2*1-2/h3-7,11H,8H2,1-2H3;2*1-2H3. The highest BCUT2D eigenvalue weighted by Gasteiger charge is 2.08. The molecule has 0 atom stereocenters. The molecule has 0 aliphatic carbocycles. The van der Waals surface area contributed by atoms with Crippen LogP contribution >= 0.6 is 0 Å². The van der Waals surface area contributed by atoms with Gasteiger partial charge in [-0.3, -0.25) is 4.79 Å². The minimum Gasteiger partial charge on any atom is -0.329 e. The lowest BCUT2D eigenvalue weighted by atomic mass is 10.2. The molecule has 98 valence electrons. The lowest BCUT2D eigenvalue weighted by Gasteiger charge is -2.16. The minimum absolute atomic E-state index is 0.0370. The van der Waals surface area contributed by atoms with Gasteiger partial charge in [-0.1, -0.05) is 45.9 Å². The Bertz CT molecular complexity index is 273. The van der Waals surface area contributed by atoms with Crippen molar-refractivity contribution in [3.63, 3.8) is 0 Å². The molecule has 1 amide bonds. The summed E-state index contributed by atoms with van der Waals surface area (Å²) in [5, 5.41) is 2.92. The summed E-state index contributed by atoms with van der Waals surface area (Å²) < 4.78 is 0. The van der Waals surface area contributed by atoms with Gasteiger partial charge in [0.05, 0.1) is 6.67 Å². The second-order valence-electron chi connectivity index (χ2n) is 2.88. The number of nitrogens with zero attached hydrogens (tertiary/aromatic N) is 1. The van der Waals surface area contributed by atoms with Crippen LogP contribution in [0.4, 0.5) is 0 Å². The van der Waals surface area contributed by atoms with Gasteiger partial charge in [-0.05, 0) is 19.2 Å². The number of hydrogen-bond donors (Lipinski definition) is 1. The van der Waals surface area contributed by atoms with E-state index in [1.807, 2.05) is 65.1 Å². The molecule has 0 aliphatic rings. The van der Waals surface area contributed by atoms with Gasteiger partial charge in [-0.25, -0.2) is 0 Å². The van der Waals surface area contributed by atoms with Crippen LogP contribution in [0.1, 0.15) is 38.1 Å². The van der Waals surface area contributed by atoms with E-state index in [-0.39, 0.29) is 5.91 Å². The van der Waals surface area contributed by atoms with Crippen molar-refractivity contribution >= 4 is 5.91 Å². The Morgan fingerprint density at radius 1 is 1.12 bits per heavy atom. The number of amides is 1. The number of carbonyl (C=O) groups excluding carboxylic acids is 1. The third kappa shape index (κ3) is 7.53. The number of rotatable bonds is 3. The van der Waals surface area contributed by atoms with Crippen molar-refractivity contribution in [2.75, 3.05) is 20.8 Å². The highest BCUT2D eigenvalue weighted by molar-refractivity contribution is 5.93. The Morgan fingerprint density at radius 2 is 1.59 bits per heavy atom. The first-order valence-electron chi connectivity index (χ1n) is 6.21. The van der Waals surface area contributed by atoms with Crippen LogP contribution in [0.5, 0.6) is 0 Å². The summed E-state index contributed by atoms with van der Waals surface area (Å²) in [5.74, 6) is 0.0370. The van der Waals surface area contributed by atoms with Crippen LogP contribution in [0.3, 0.4) is 0 Å². The quantitative estimate of drug-likeness (QED) is 0.821. The molecule has 0 bridgehead atoms. The number of nitrogens with one attached hydrogen (secondary N) is 1. The van der Waals surface area contributed by atoms with Crippen LogP contribution in [-0.2, 0) is 0 Å². The fourth-order valence-corrected chi connectivity index (χ4v) is 1.11. The highest BCUT2D eigenvalue weighted by Crippen LogP contribution is 2.01. The van der Waals surface area contributed by atoms with Crippen molar-refractivity contribution in [1.82, 2.24) is 10.2 Å². The zero-order valence-electron chi connectivity index (χ0n) is 11.9. The van der Waals surface area contributed by atoms with Crippen LogP contribution in [-0.4, -0.2) is 31.6 Å². The number of benzene rings is 1. The Labute approximate surface area is 106 Å². The summed E-state index contributed by atoms with van der Waals surface area (Å²) >= 11 is 0. The largest absolute Gasteiger partial charge is 0.329 e. The van der Waals surface area contributed by atoms with Crippen molar-refractivity contribution in [1.29, 1.82) is 0 Å². The molecule has 0 fully saturated rings. The highest BCUT2D eigenvalue weighted by atomic mass is 16.2. The van der Waals surface area contributed by atoms with Crippen LogP contribution in [0.25, 0.3) is 0 Å². The Hall–Kier alpha value is -1.35. The van der Waals surface area contributed by atoms with Crippen molar-refractivity contribution in [3.8, 4) is 0 Å². The average Bonchev–Trinajstić information content (AvgIpc) is 2.43. The zero-order chi connectivity index (χ0) is 13.7. The van der Waals surface area contributed by atoms with E-state index in [1.165, 1.54) is 0 Å². The average molecular weight is 238 g/mol. The molecule has 1 aromatic rings. The summed E-state index contributed by atoms with van der Waals surface area (Å²) in [5.41, 5.74) is 0.722. The molecule has 3 nitrogen and oxygen atoms in total. The summed E-state index contributed by atoms with van der Waals surface area (Å²) in [4.78, 5) is 13.3. The molecule has 0 saturated heterocycles. The SMILES string of the molecule is CC.CC.CNCN(C)C(=O)c1ccccc1. The molecule has 0 spiro atoms. The lowest BCUT2D eigenvalue weighted by Crippen LogP contribution is -2.34. The van der Waals surface area contributed by atoms with E-state index in [1.54, 1.807) is 11.9 Å². The Balaban J connectivity index is 0. The zero-order valence-corrected chi connectivity index (χ0v) is 11.9. The molecule has 0 aliphatic heterocycles. The topological polar surface area (TPSA) is 32.3 Å². The van der Waals surface area contributed by atoms with E-state index < -0.39 is 0 Å². The lowest BCUT2D eigenvalue weighted by molar-refractivity contribution is 0.0787. The predicted molar refractivity (Wildman–Crippen MR) is 75.2 cm³/mol. The van der Waals surface area contributed by atoms with Crippen LogP contribution in [0, 0.1) is 0 Å². The van der Waals surface area contributed by atoms with Crippen LogP contribution < -0.4 is 5.32 Å². The molecule has 0 radical (unpaired) electrons. The Kier molecular flexibility index (Phi) is 13.5. The van der Waals surface area contributed by atoms with Gasteiger partial charge >= 0.3 is 0 Å². The molecule has 0 aromatic heterocycles. The molecular formula is C14H26N2O. The van der Waals surface area contributed by atoms with Crippen molar-refractivity contribution in [3.05, 3.63) is 35.9 Å². The summed E-state index contributed by atoms with van der Waals surface area (Å²) in [7, 11) is 3.58. The molecule has 1 rings (SSSR count). The molecule has 1 aromatic carbocycles. The van der Waals surface area contributed by atoms with E-state index in [0.717, 1.165) is 5.56 Å². The maximum atomic E-state index is 11.6. The minimum atomic E-state index is 0.0370. The van der Waals surface area contributed by atoms with E-state index in [2.05, 4.69) is 5.32 Å². The second-order valence-corrected chi connectivity index (χ2v) is 2.88. The first-order chi connectivity index (χ1) is 8.25. The summed E-state index contributed by atoms with van der Waals surface area (Å²) in [6, 6.07) is 9.25. The van der Waals surface area contributed by atoms with E-state index in [0.29, 0.717) is 6.67 Å². The third-order valence-corrected chi connectivity index (χ3v) is 1.76. The van der Waals surface area contributed by atoms with Gasteiger partial charge in [0.1, 0.15) is 0 Å². The smallest absolute Gasteiger partial charge is 0.254 e. The van der Waals surface area contributed by atoms with Gasteiger partial charge in [0.25, 0.3) is 5.91 Å². The van der Waals surface area contributed by atoms with Gasteiger partial charge in [0.15, 0.2) is 0 Å². The number of carbonyl (C=O) groups is 1. The fraction of sp³-hybridized carbons (Fsp3) is 0.500. The first-order valence-corrected chi connectivity index (χ1v) is 6.21. The second kappa shape index (κ2) is 12.7. The van der Waals surface area contributed by atoms with Crippen molar-refractivity contribution in [2.24, 2.45) is 0 Å². The third-order valence-electron chi connectivity index (χ3n) is 1.76. The molecule has 1 N–H and O–H groups in total. The van der Waals surface area contributed by atoms with Gasteiger partial charge in [-0.15, -0.1) is 0 Å². The normalized spacial score (nSPS) is 8.12. The fourth-order valence-electron chi connectivity index (χ4n) is 1.11. The summed E-state index contributed by atoms with van der Waals surface area (Å²) in [6.07, 6.45) is 0. The molecule has 0 unspecified atom stereocenters. The molecule has 17 heavy (non-hydrogen) atoms. The Morgan fingerprint density at radius 3 is 2.00 bits per heavy atom.